The molecule has 0 saturated carbocycles. The van der Waals surface area contributed by atoms with Gasteiger partial charge in [0.25, 0.3) is 0 Å². The Morgan fingerprint density at radius 3 is 2.50 bits per heavy atom. The lowest BCUT2D eigenvalue weighted by atomic mass is 9.91. The minimum absolute atomic E-state index is 0.0851. The van der Waals surface area contributed by atoms with Crippen LogP contribution in [0.25, 0.3) is 0 Å². The van der Waals surface area contributed by atoms with Gasteiger partial charge < -0.3 is 30.3 Å². The van der Waals surface area contributed by atoms with E-state index in [9.17, 15) is 20.1 Å². The Morgan fingerprint density at radius 2 is 1.82 bits per heavy atom. The fourth-order valence-electron chi connectivity index (χ4n) is 4.66. The van der Waals surface area contributed by atoms with Gasteiger partial charge in [0.2, 0.25) is 5.91 Å². The van der Waals surface area contributed by atoms with E-state index in [0.717, 1.165) is 54.6 Å². The summed E-state index contributed by atoms with van der Waals surface area (Å²) in [6, 6.07) is 14.4. The molecular weight excluding hydrogens is 500 g/mol. The number of nitrogens with zero attached hydrogens (tertiary/aromatic N) is 1. The lowest BCUT2D eigenvalue weighted by molar-refractivity contribution is -0.200. The number of carbonyl (C=O) groups is 1. The van der Waals surface area contributed by atoms with Gasteiger partial charge in [0.1, 0.15) is 29.9 Å². The van der Waals surface area contributed by atoms with Crippen molar-refractivity contribution in [2.24, 2.45) is 0 Å². The standard InChI is InChI=1S/C30H42N2O5S/c1-5-16-32(3)17-15-31-25(33)8-6-7-21-10-12-22(13-11-21)18-24-19-23(14-9-20(24)2)29-27(35)26(34)28(36)30(37-29)38-4/h5,9-14,19,26-30,34-36H,1,6-8,15-18H2,2-4H3,(H,31,33)/t26-,27-,28+,29+,30-/m1/s1. The van der Waals surface area contributed by atoms with E-state index in [0.29, 0.717) is 13.0 Å². The molecule has 0 aromatic heterocycles. The van der Waals surface area contributed by atoms with Gasteiger partial charge in [-0.25, -0.2) is 0 Å². The zero-order valence-corrected chi connectivity index (χ0v) is 23.5. The maximum atomic E-state index is 12.1. The van der Waals surface area contributed by atoms with Crippen LogP contribution in [0.15, 0.2) is 55.1 Å². The number of hydrogen-bond acceptors (Lipinski definition) is 7. The quantitative estimate of drug-likeness (QED) is 0.289. The molecule has 0 spiro atoms. The molecule has 0 radical (unpaired) electrons. The zero-order valence-electron chi connectivity index (χ0n) is 22.7. The van der Waals surface area contributed by atoms with Crippen molar-refractivity contribution in [1.29, 1.82) is 0 Å². The first-order valence-corrected chi connectivity index (χ1v) is 14.5. The van der Waals surface area contributed by atoms with Crippen LogP contribution in [-0.2, 0) is 22.4 Å². The number of thioether (sulfide) groups is 1. The van der Waals surface area contributed by atoms with E-state index in [1.807, 2.05) is 31.3 Å². The second-order valence-electron chi connectivity index (χ2n) is 10.1. The number of nitrogens with one attached hydrogen (secondary N) is 1. The van der Waals surface area contributed by atoms with E-state index < -0.39 is 29.9 Å². The smallest absolute Gasteiger partial charge is 0.220 e. The molecule has 0 bridgehead atoms. The normalized spacial score (nSPS) is 23.4. The Balaban J connectivity index is 1.53. The van der Waals surface area contributed by atoms with Gasteiger partial charge in [-0.1, -0.05) is 48.5 Å². The van der Waals surface area contributed by atoms with Crippen LogP contribution in [0, 0.1) is 6.92 Å². The summed E-state index contributed by atoms with van der Waals surface area (Å²) in [5.41, 5.74) is 4.79. The maximum absolute atomic E-state index is 12.1. The number of rotatable bonds is 13. The van der Waals surface area contributed by atoms with Crippen LogP contribution in [0.3, 0.4) is 0 Å². The molecule has 1 fully saturated rings. The maximum Gasteiger partial charge on any atom is 0.220 e. The van der Waals surface area contributed by atoms with Crippen LogP contribution in [0.1, 0.15) is 46.8 Å². The largest absolute Gasteiger partial charge is 0.387 e. The average Bonchev–Trinajstić information content (AvgIpc) is 2.90. The summed E-state index contributed by atoms with van der Waals surface area (Å²) in [6.45, 7) is 8.03. The van der Waals surface area contributed by atoms with Crippen molar-refractivity contribution in [2.45, 2.75) is 62.5 Å². The number of benzene rings is 2. The minimum atomic E-state index is -1.27. The van der Waals surface area contributed by atoms with Crippen molar-refractivity contribution >= 4 is 17.7 Å². The fourth-order valence-corrected chi connectivity index (χ4v) is 5.33. The molecule has 7 nitrogen and oxygen atoms in total. The van der Waals surface area contributed by atoms with Crippen LogP contribution in [0.5, 0.6) is 0 Å². The fraction of sp³-hybridized carbons (Fsp3) is 0.500. The first-order chi connectivity index (χ1) is 18.2. The van der Waals surface area contributed by atoms with Crippen LogP contribution >= 0.6 is 11.8 Å². The predicted octanol–water partition coefficient (Wildman–Crippen LogP) is 2.99. The second kappa shape index (κ2) is 14.8. The Kier molecular flexibility index (Phi) is 11.8. The van der Waals surface area contributed by atoms with Gasteiger partial charge in [-0.15, -0.1) is 18.3 Å². The molecule has 5 atom stereocenters. The summed E-state index contributed by atoms with van der Waals surface area (Å²) < 4.78 is 5.94. The van der Waals surface area contributed by atoms with E-state index in [1.165, 1.54) is 17.3 Å². The molecule has 3 rings (SSSR count). The molecule has 38 heavy (non-hydrogen) atoms. The summed E-state index contributed by atoms with van der Waals surface area (Å²) in [4.78, 5) is 14.2. The number of aliphatic hydroxyl groups excluding tert-OH is 3. The Morgan fingerprint density at radius 1 is 1.11 bits per heavy atom. The molecular formula is C30H42N2O5S. The number of amides is 1. The van der Waals surface area contributed by atoms with Crippen molar-refractivity contribution in [2.75, 3.05) is 32.9 Å². The van der Waals surface area contributed by atoms with Gasteiger partial charge in [-0.2, -0.15) is 0 Å². The van der Waals surface area contributed by atoms with E-state index in [4.69, 9.17) is 4.74 Å². The molecule has 208 valence electrons. The van der Waals surface area contributed by atoms with Gasteiger partial charge in [-0.3, -0.25) is 4.79 Å². The van der Waals surface area contributed by atoms with Crippen molar-refractivity contribution in [3.63, 3.8) is 0 Å². The third kappa shape index (κ3) is 8.40. The summed E-state index contributed by atoms with van der Waals surface area (Å²) in [7, 11) is 2.00. The summed E-state index contributed by atoms with van der Waals surface area (Å²) >= 11 is 1.31. The highest BCUT2D eigenvalue weighted by molar-refractivity contribution is 7.99. The minimum Gasteiger partial charge on any atom is -0.387 e. The Labute approximate surface area is 230 Å². The van der Waals surface area contributed by atoms with Gasteiger partial charge in [-0.05, 0) is 67.3 Å². The number of likely N-dealkylation sites (N-methyl/N-ethyl adjacent to an activating group) is 1. The van der Waals surface area contributed by atoms with E-state index >= 15 is 0 Å². The van der Waals surface area contributed by atoms with E-state index in [-0.39, 0.29) is 5.91 Å². The van der Waals surface area contributed by atoms with Crippen molar-refractivity contribution in [3.05, 3.63) is 82.9 Å². The Hall–Kier alpha value is -2.20. The van der Waals surface area contributed by atoms with E-state index in [1.54, 1.807) is 6.26 Å². The molecule has 1 saturated heterocycles. The number of carbonyl (C=O) groups excluding carboxylic acids is 1. The topological polar surface area (TPSA) is 102 Å². The van der Waals surface area contributed by atoms with E-state index in [2.05, 4.69) is 48.0 Å². The lowest BCUT2D eigenvalue weighted by Gasteiger charge is -2.40. The second-order valence-corrected chi connectivity index (χ2v) is 11.0. The highest BCUT2D eigenvalue weighted by atomic mass is 32.2. The molecule has 4 N–H and O–H groups in total. The van der Waals surface area contributed by atoms with Crippen LogP contribution in [-0.4, -0.2) is 82.8 Å². The molecule has 8 heteroatoms. The zero-order chi connectivity index (χ0) is 27.7. The number of aliphatic hydroxyl groups is 3. The third-order valence-electron chi connectivity index (χ3n) is 7.05. The third-order valence-corrected chi connectivity index (χ3v) is 7.90. The van der Waals surface area contributed by atoms with Gasteiger partial charge in [0, 0.05) is 26.1 Å². The molecule has 1 aliphatic rings. The number of aryl methyl sites for hydroxylation is 2. The molecule has 2 aromatic carbocycles. The van der Waals surface area contributed by atoms with Crippen LogP contribution < -0.4 is 5.32 Å². The first-order valence-electron chi connectivity index (χ1n) is 13.2. The molecule has 0 unspecified atom stereocenters. The summed E-state index contributed by atoms with van der Waals surface area (Å²) in [5, 5.41) is 34.0. The van der Waals surface area contributed by atoms with Crippen LogP contribution in [0.4, 0.5) is 0 Å². The predicted molar refractivity (Wildman–Crippen MR) is 153 cm³/mol. The monoisotopic (exact) mass is 542 g/mol. The number of hydrogen-bond donors (Lipinski definition) is 4. The van der Waals surface area contributed by atoms with Gasteiger partial charge in [0.05, 0.1) is 0 Å². The summed E-state index contributed by atoms with van der Waals surface area (Å²) in [6.07, 6.45) is 2.22. The molecule has 1 aliphatic heterocycles. The summed E-state index contributed by atoms with van der Waals surface area (Å²) in [5.74, 6) is 0.0851. The SMILES string of the molecule is C=CCN(C)CCNC(=O)CCCc1ccc(Cc2cc([C@@H]3O[C@H](SC)[C@@H](O)[C@H](O)[C@H]3O)ccc2C)cc1. The van der Waals surface area contributed by atoms with Crippen molar-refractivity contribution in [3.8, 4) is 0 Å². The molecule has 1 heterocycles. The van der Waals surface area contributed by atoms with Crippen molar-refractivity contribution in [1.82, 2.24) is 10.2 Å². The Bertz CT molecular complexity index is 1050. The molecule has 1 amide bonds. The highest BCUT2D eigenvalue weighted by Gasteiger charge is 2.44. The molecule has 0 aliphatic carbocycles. The molecule has 2 aromatic rings. The van der Waals surface area contributed by atoms with Gasteiger partial charge >= 0.3 is 0 Å². The highest BCUT2D eigenvalue weighted by Crippen LogP contribution is 2.36. The lowest BCUT2D eigenvalue weighted by Crippen LogP contribution is -2.52. The van der Waals surface area contributed by atoms with Gasteiger partial charge in [0.15, 0.2) is 0 Å². The number of ether oxygens (including phenoxy) is 1. The average molecular weight is 543 g/mol. The van der Waals surface area contributed by atoms with Crippen LogP contribution in [0.2, 0.25) is 0 Å². The van der Waals surface area contributed by atoms with Crippen molar-refractivity contribution < 1.29 is 24.9 Å². The first kappa shape index (κ1) is 30.3.